The van der Waals surface area contributed by atoms with Crippen LogP contribution in [0.3, 0.4) is 0 Å². The molecule has 1 aliphatic rings. The summed E-state index contributed by atoms with van der Waals surface area (Å²) in [5, 5.41) is 2.94. The molecule has 1 amide bonds. The van der Waals surface area contributed by atoms with Crippen LogP contribution in [0.2, 0.25) is 0 Å². The second-order valence-corrected chi connectivity index (χ2v) is 4.76. The number of hydrogen-bond acceptors (Lipinski definition) is 3. The zero-order chi connectivity index (χ0) is 12.3. The molecule has 1 aliphatic carbocycles. The van der Waals surface area contributed by atoms with Gasteiger partial charge in [0.25, 0.3) is 0 Å². The van der Waals surface area contributed by atoms with Crippen LogP contribution in [-0.4, -0.2) is 10.9 Å². The molecule has 92 valence electrons. The summed E-state index contributed by atoms with van der Waals surface area (Å²) in [6, 6.07) is 1.74. The van der Waals surface area contributed by atoms with Crippen molar-refractivity contribution in [2.45, 2.75) is 39.0 Å². The van der Waals surface area contributed by atoms with Crippen LogP contribution in [0.5, 0.6) is 0 Å². The van der Waals surface area contributed by atoms with Gasteiger partial charge in [0.2, 0.25) is 5.91 Å². The van der Waals surface area contributed by atoms with E-state index in [1.54, 1.807) is 18.5 Å². The first-order valence-electron chi connectivity index (χ1n) is 6.19. The van der Waals surface area contributed by atoms with Crippen LogP contribution in [-0.2, 0) is 4.79 Å². The largest absolute Gasteiger partial charge is 0.396 e. The third kappa shape index (κ3) is 2.25. The molecule has 0 spiro atoms. The summed E-state index contributed by atoms with van der Waals surface area (Å²) in [5.41, 5.74) is 6.78. The van der Waals surface area contributed by atoms with Crippen molar-refractivity contribution < 1.29 is 4.79 Å². The fourth-order valence-corrected chi connectivity index (χ4v) is 2.57. The zero-order valence-corrected chi connectivity index (χ0v) is 10.2. The van der Waals surface area contributed by atoms with Gasteiger partial charge in [-0.3, -0.25) is 9.78 Å². The van der Waals surface area contributed by atoms with Gasteiger partial charge < -0.3 is 11.1 Å². The Hall–Kier alpha value is -1.58. The molecular formula is C13H19N3O. The van der Waals surface area contributed by atoms with E-state index < -0.39 is 0 Å². The number of amides is 1. The summed E-state index contributed by atoms with van der Waals surface area (Å²) in [6.45, 7) is 2.08. The van der Waals surface area contributed by atoms with Crippen LogP contribution in [0.25, 0.3) is 0 Å². The van der Waals surface area contributed by atoms with Gasteiger partial charge in [0.1, 0.15) is 0 Å². The van der Waals surface area contributed by atoms with E-state index in [1.807, 2.05) is 0 Å². The van der Waals surface area contributed by atoms with Gasteiger partial charge in [0, 0.05) is 11.6 Å². The van der Waals surface area contributed by atoms with E-state index in [-0.39, 0.29) is 11.3 Å². The van der Waals surface area contributed by atoms with Gasteiger partial charge >= 0.3 is 0 Å². The fraction of sp³-hybridized carbons (Fsp3) is 0.538. The van der Waals surface area contributed by atoms with E-state index >= 15 is 0 Å². The lowest BCUT2D eigenvalue weighted by Crippen LogP contribution is -2.33. The zero-order valence-electron chi connectivity index (χ0n) is 10.2. The number of pyridine rings is 1. The van der Waals surface area contributed by atoms with E-state index in [1.165, 1.54) is 0 Å². The molecule has 17 heavy (non-hydrogen) atoms. The van der Waals surface area contributed by atoms with Crippen LogP contribution < -0.4 is 11.1 Å². The van der Waals surface area contributed by atoms with E-state index in [2.05, 4.69) is 17.2 Å². The van der Waals surface area contributed by atoms with Crippen molar-refractivity contribution in [2.24, 2.45) is 5.41 Å². The monoisotopic (exact) mass is 233 g/mol. The van der Waals surface area contributed by atoms with Crippen molar-refractivity contribution in [3.05, 3.63) is 18.5 Å². The average Bonchev–Trinajstić information content (AvgIpc) is 2.82. The van der Waals surface area contributed by atoms with E-state index in [9.17, 15) is 4.79 Å². The van der Waals surface area contributed by atoms with Gasteiger partial charge in [-0.25, -0.2) is 0 Å². The maximum absolute atomic E-state index is 12.3. The third-order valence-corrected chi connectivity index (χ3v) is 3.82. The summed E-state index contributed by atoms with van der Waals surface area (Å²) in [6.07, 6.45) is 8.35. The maximum Gasteiger partial charge on any atom is 0.230 e. The van der Waals surface area contributed by atoms with Crippen LogP contribution in [0.4, 0.5) is 11.4 Å². The van der Waals surface area contributed by atoms with Crippen LogP contribution in [0, 0.1) is 5.41 Å². The van der Waals surface area contributed by atoms with Crippen LogP contribution in [0.15, 0.2) is 18.5 Å². The number of nitrogens with one attached hydrogen (secondary N) is 1. The Morgan fingerprint density at radius 1 is 1.53 bits per heavy atom. The first-order chi connectivity index (χ1) is 8.18. The van der Waals surface area contributed by atoms with Crippen molar-refractivity contribution in [3.8, 4) is 0 Å². The number of anilines is 2. The third-order valence-electron chi connectivity index (χ3n) is 3.82. The number of nitrogens with zero attached hydrogens (tertiary/aromatic N) is 1. The second-order valence-electron chi connectivity index (χ2n) is 4.76. The van der Waals surface area contributed by atoms with Crippen molar-refractivity contribution >= 4 is 17.3 Å². The number of carbonyl (C=O) groups is 1. The number of carbonyl (C=O) groups excluding carboxylic acids is 1. The molecule has 4 nitrogen and oxygen atoms in total. The number of hydrogen-bond donors (Lipinski definition) is 2. The number of nitrogen functional groups attached to an aromatic ring is 1. The Morgan fingerprint density at radius 2 is 2.24 bits per heavy atom. The molecular weight excluding hydrogens is 214 g/mol. The van der Waals surface area contributed by atoms with Crippen molar-refractivity contribution in [3.63, 3.8) is 0 Å². The van der Waals surface area contributed by atoms with E-state index in [4.69, 9.17) is 5.73 Å². The lowest BCUT2D eigenvalue weighted by Gasteiger charge is -2.26. The summed E-state index contributed by atoms with van der Waals surface area (Å²) in [7, 11) is 0. The van der Waals surface area contributed by atoms with Gasteiger partial charge in [-0.15, -0.1) is 0 Å². The van der Waals surface area contributed by atoms with Crippen molar-refractivity contribution in [2.75, 3.05) is 11.1 Å². The Bertz CT molecular complexity index is 411. The molecule has 2 rings (SSSR count). The van der Waals surface area contributed by atoms with E-state index in [0.717, 1.165) is 32.1 Å². The summed E-state index contributed by atoms with van der Waals surface area (Å²) < 4.78 is 0. The molecule has 3 N–H and O–H groups in total. The highest BCUT2D eigenvalue weighted by molar-refractivity contribution is 5.97. The predicted octanol–water partition coefficient (Wildman–Crippen LogP) is 2.57. The topological polar surface area (TPSA) is 68.0 Å². The highest BCUT2D eigenvalue weighted by Crippen LogP contribution is 2.42. The Morgan fingerprint density at radius 3 is 2.82 bits per heavy atom. The molecule has 1 aromatic heterocycles. The number of nitrogens with two attached hydrogens (primary N) is 1. The molecule has 1 fully saturated rings. The van der Waals surface area contributed by atoms with Crippen LogP contribution in [0.1, 0.15) is 39.0 Å². The smallest absolute Gasteiger partial charge is 0.230 e. The van der Waals surface area contributed by atoms with Gasteiger partial charge in [0.15, 0.2) is 0 Å². The quantitative estimate of drug-likeness (QED) is 0.843. The molecule has 0 aliphatic heterocycles. The first-order valence-corrected chi connectivity index (χ1v) is 6.19. The highest BCUT2D eigenvalue weighted by Gasteiger charge is 2.39. The first kappa shape index (κ1) is 11.9. The standard InChI is InChI=1S/C13H19N3O/c1-2-13(6-3-4-7-13)12(17)16-11-5-8-15-9-10(11)14/h5,8-9H,2-4,6-7,14H2,1H3,(H,15,16,17). The van der Waals surface area contributed by atoms with E-state index in [0.29, 0.717) is 11.4 Å². The van der Waals surface area contributed by atoms with Gasteiger partial charge in [0.05, 0.1) is 17.6 Å². The highest BCUT2D eigenvalue weighted by atomic mass is 16.2. The SMILES string of the molecule is CCC1(C(=O)Nc2ccncc2N)CCCC1. The maximum atomic E-state index is 12.3. The van der Waals surface area contributed by atoms with Crippen molar-refractivity contribution in [1.29, 1.82) is 0 Å². The normalized spacial score (nSPS) is 17.9. The Kier molecular flexibility index (Phi) is 3.31. The molecule has 0 aromatic carbocycles. The van der Waals surface area contributed by atoms with Crippen LogP contribution >= 0.6 is 0 Å². The minimum atomic E-state index is -0.185. The molecule has 1 heterocycles. The summed E-state index contributed by atoms with van der Waals surface area (Å²) >= 11 is 0. The second kappa shape index (κ2) is 4.73. The average molecular weight is 233 g/mol. The molecule has 0 atom stereocenters. The predicted molar refractivity (Wildman–Crippen MR) is 68.5 cm³/mol. The summed E-state index contributed by atoms with van der Waals surface area (Å²) in [5.74, 6) is 0.107. The Balaban J connectivity index is 2.14. The lowest BCUT2D eigenvalue weighted by molar-refractivity contribution is -0.125. The van der Waals surface area contributed by atoms with Gasteiger partial charge in [-0.2, -0.15) is 0 Å². The molecule has 0 unspecified atom stereocenters. The fourth-order valence-electron chi connectivity index (χ4n) is 2.57. The molecule has 1 aromatic rings. The lowest BCUT2D eigenvalue weighted by atomic mass is 9.82. The minimum absolute atomic E-state index is 0.107. The summed E-state index contributed by atoms with van der Waals surface area (Å²) in [4.78, 5) is 16.2. The molecule has 0 saturated heterocycles. The van der Waals surface area contributed by atoms with Crippen molar-refractivity contribution in [1.82, 2.24) is 4.98 Å². The Labute approximate surface area is 102 Å². The minimum Gasteiger partial charge on any atom is -0.396 e. The van der Waals surface area contributed by atoms with Gasteiger partial charge in [-0.1, -0.05) is 19.8 Å². The van der Waals surface area contributed by atoms with Gasteiger partial charge in [-0.05, 0) is 25.3 Å². The molecule has 0 bridgehead atoms. The molecule has 1 saturated carbocycles. The number of rotatable bonds is 3. The molecule has 0 radical (unpaired) electrons. The molecule has 4 heteroatoms. The number of aromatic nitrogens is 1.